The Bertz CT molecular complexity index is 953. The summed E-state index contributed by atoms with van der Waals surface area (Å²) in [6, 6.07) is 7.09. The first-order valence-corrected chi connectivity index (χ1v) is 8.59. The van der Waals surface area contributed by atoms with Crippen LogP contribution in [-0.2, 0) is 4.79 Å². The smallest absolute Gasteiger partial charge is 0.246 e. The molecule has 28 heavy (non-hydrogen) atoms. The molecule has 0 spiro atoms. The predicted octanol–water partition coefficient (Wildman–Crippen LogP) is 2.27. The Labute approximate surface area is 163 Å². The highest BCUT2D eigenvalue weighted by Gasteiger charge is 2.25. The normalized spacial score (nSPS) is 13.0. The highest BCUT2D eigenvalue weighted by atomic mass is 16.5. The van der Waals surface area contributed by atoms with Crippen LogP contribution in [-0.4, -0.2) is 58.7 Å². The molecule has 0 unspecified atom stereocenters. The first kappa shape index (κ1) is 19.3. The van der Waals surface area contributed by atoms with E-state index >= 15 is 0 Å². The van der Waals surface area contributed by atoms with Gasteiger partial charge < -0.3 is 29.5 Å². The quantitative estimate of drug-likeness (QED) is 0.767. The SMILES string of the molecule is COc1ccc2c(c1O)NC(=O)CN=C2c1cc(OC)c(OC)c(N(C)C)c1. The summed E-state index contributed by atoms with van der Waals surface area (Å²) in [5, 5.41) is 13.2. The third-order valence-electron chi connectivity index (χ3n) is 4.48. The minimum absolute atomic E-state index is 0.0720. The lowest BCUT2D eigenvalue weighted by Gasteiger charge is -2.21. The van der Waals surface area contributed by atoms with Crippen LogP contribution >= 0.6 is 0 Å². The number of benzodiazepines with no additional fused rings is 1. The Morgan fingerprint density at radius 3 is 2.39 bits per heavy atom. The van der Waals surface area contributed by atoms with E-state index in [0.29, 0.717) is 22.8 Å². The van der Waals surface area contributed by atoms with E-state index in [1.165, 1.54) is 7.11 Å². The topological polar surface area (TPSA) is 92.6 Å². The first-order chi connectivity index (χ1) is 13.4. The van der Waals surface area contributed by atoms with Gasteiger partial charge in [0.2, 0.25) is 5.91 Å². The molecule has 0 saturated heterocycles. The average Bonchev–Trinajstić information content (AvgIpc) is 2.86. The summed E-state index contributed by atoms with van der Waals surface area (Å²) in [4.78, 5) is 18.5. The lowest BCUT2D eigenvalue weighted by Crippen LogP contribution is -2.14. The van der Waals surface area contributed by atoms with Gasteiger partial charge in [0.25, 0.3) is 0 Å². The van der Waals surface area contributed by atoms with Crippen molar-refractivity contribution in [1.29, 1.82) is 0 Å². The third kappa shape index (κ3) is 3.28. The van der Waals surface area contributed by atoms with E-state index in [4.69, 9.17) is 14.2 Å². The van der Waals surface area contributed by atoms with Crippen LogP contribution in [0.25, 0.3) is 0 Å². The van der Waals surface area contributed by atoms with Gasteiger partial charge in [-0.15, -0.1) is 0 Å². The number of methoxy groups -OCH3 is 3. The van der Waals surface area contributed by atoms with E-state index in [1.807, 2.05) is 25.1 Å². The van der Waals surface area contributed by atoms with Crippen molar-refractivity contribution in [1.82, 2.24) is 0 Å². The molecule has 0 bridgehead atoms. The zero-order valence-corrected chi connectivity index (χ0v) is 16.5. The molecule has 2 N–H and O–H groups in total. The molecule has 1 amide bonds. The fourth-order valence-electron chi connectivity index (χ4n) is 3.14. The van der Waals surface area contributed by atoms with Gasteiger partial charge in [0.15, 0.2) is 23.0 Å². The van der Waals surface area contributed by atoms with Crippen LogP contribution in [0.15, 0.2) is 29.3 Å². The molecule has 148 valence electrons. The van der Waals surface area contributed by atoms with E-state index in [2.05, 4.69) is 10.3 Å². The number of carbonyl (C=O) groups is 1. The van der Waals surface area contributed by atoms with Gasteiger partial charge in [-0.25, -0.2) is 0 Å². The van der Waals surface area contributed by atoms with Gasteiger partial charge in [-0.3, -0.25) is 9.79 Å². The highest BCUT2D eigenvalue weighted by molar-refractivity contribution is 6.20. The van der Waals surface area contributed by atoms with E-state index in [-0.39, 0.29) is 29.6 Å². The minimum Gasteiger partial charge on any atom is -0.503 e. The van der Waals surface area contributed by atoms with Crippen LogP contribution in [0.4, 0.5) is 11.4 Å². The molecule has 0 fully saturated rings. The number of benzene rings is 2. The van der Waals surface area contributed by atoms with Crippen LogP contribution < -0.4 is 24.4 Å². The van der Waals surface area contributed by atoms with Gasteiger partial charge in [0.05, 0.1) is 38.4 Å². The van der Waals surface area contributed by atoms with Crippen LogP contribution in [0.3, 0.4) is 0 Å². The number of carbonyl (C=O) groups excluding carboxylic acids is 1. The van der Waals surface area contributed by atoms with Crippen LogP contribution in [0.5, 0.6) is 23.0 Å². The van der Waals surface area contributed by atoms with E-state index in [9.17, 15) is 9.90 Å². The summed E-state index contributed by atoms with van der Waals surface area (Å²) in [6.07, 6.45) is 0. The van der Waals surface area contributed by atoms with Gasteiger partial charge in [0, 0.05) is 25.2 Å². The second kappa shape index (κ2) is 7.67. The monoisotopic (exact) mass is 385 g/mol. The number of amides is 1. The lowest BCUT2D eigenvalue weighted by atomic mass is 9.98. The molecule has 1 heterocycles. The maximum Gasteiger partial charge on any atom is 0.246 e. The zero-order valence-electron chi connectivity index (χ0n) is 16.5. The first-order valence-electron chi connectivity index (χ1n) is 8.59. The molecule has 0 aromatic heterocycles. The van der Waals surface area contributed by atoms with Gasteiger partial charge in [-0.05, 0) is 24.3 Å². The Hall–Kier alpha value is -3.42. The van der Waals surface area contributed by atoms with Crippen molar-refractivity contribution >= 4 is 23.0 Å². The summed E-state index contributed by atoms with van der Waals surface area (Å²) >= 11 is 0. The van der Waals surface area contributed by atoms with Gasteiger partial charge >= 0.3 is 0 Å². The van der Waals surface area contributed by atoms with Crippen molar-refractivity contribution in [2.45, 2.75) is 0 Å². The third-order valence-corrected chi connectivity index (χ3v) is 4.48. The molecule has 1 aliphatic heterocycles. The molecule has 8 nitrogen and oxygen atoms in total. The maximum absolute atomic E-state index is 12.2. The highest BCUT2D eigenvalue weighted by Crippen LogP contribution is 2.42. The molecule has 2 aromatic rings. The Morgan fingerprint density at radius 1 is 1.07 bits per heavy atom. The van der Waals surface area contributed by atoms with E-state index in [1.54, 1.807) is 32.4 Å². The number of nitrogens with one attached hydrogen (secondary N) is 1. The number of nitrogens with zero attached hydrogens (tertiary/aromatic N) is 2. The number of aliphatic imine (C=N–C) groups is 1. The molecule has 1 aliphatic rings. The Morgan fingerprint density at radius 2 is 1.79 bits per heavy atom. The van der Waals surface area contributed by atoms with Gasteiger partial charge in [0.1, 0.15) is 6.54 Å². The second-order valence-electron chi connectivity index (χ2n) is 6.38. The maximum atomic E-state index is 12.2. The molecule has 0 aliphatic carbocycles. The van der Waals surface area contributed by atoms with E-state index < -0.39 is 0 Å². The fourth-order valence-corrected chi connectivity index (χ4v) is 3.14. The van der Waals surface area contributed by atoms with Crippen LogP contribution in [0.1, 0.15) is 11.1 Å². The molecule has 0 radical (unpaired) electrons. The van der Waals surface area contributed by atoms with Crippen molar-refractivity contribution in [3.63, 3.8) is 0 Å². The number of rotatable bonds is 5. The molecule has 0 atom stereocenters. The lowest BCUT2D eigenvalue weighted by molar-refractivity contribution is -0.114. The number of hydrogen-bond acceptors (Lipinski definition) is 7. The van der Waals surface area contributed by atoms with Crippen LogP contribution in [0.2, 0.25) is 0 Å². The average molecular weight is 385 g/mol. The second-order valence-corrected chi connectivity index (χ2v) is 6.38. The molecule has 3 rings (SSSR count). The molecular weight excluding hydrogens is 362 g/mol. The van der Waals surface area contributed by atoms with Crippen molar-refractivity contribution in [2.24, 2.45) is 4.99 Å². The zero-order chi connectivity index (χ0) is 20.4. The molecule has 0 saturated carbocycles. The summed E-state index contributed by atoms with van der Waals surface area (Å²) in [7, 11) is 8.38. The number of ether oxygens (including phenoxy) is 3. The molecule has 8 heteroatoms. The summed E-state index contributed by atoms with van der Waals surface area (Å²) in [6.45, 7) is -0.0720. The van der Waals surface area contributed by atoms with Crippen molar-refractivity contribution in [3.8, 4) is 23.0 Å². The number of anilines is 2. The number of phenols is 1. The summed E-state index contributed by atoms with van der Waals surface area (Å²) < 4.78 is 16.2. The van der Waals surface area contributed by atoms with Gasteiger partial charge in [-0.2, -0.15) is 0 Å². The van der Waals surface area contributed by atoms with E-state index in [0.717, 1.165) is 11.3 Å². The predicted molar refractivity (Wildman–Crippen MR) is 108 cm³/mol. The molecule has 2 aromatic carbocycles. The summed E-state index contributed by atoms with van der Waals surface area (Å²) in [5.74, 6) is 0.928. The van der Waals surface area contributed by atoms with Crippen molar-refractivity contribution < 1.29 is 24.1 Å². The number of fused-ring (bicyclic) bond motifs is 1. The Balaban J connectivity index is 2.26. The number of aromatic hydroxyl groups is 1. The number of phenolic OH excluding ortho intramolecular Hbond substituents is 1. The Kier molecular flexibility index (Phi) is 5.30. The van der Waals surface area contributed by atoms with Crippen LogP contribution in [0, 0.1) is 0 Å². The standard InChI is InChI=1S/C20H23N3O5/c1-23(2)13-8-11(9-15(27-4)20(13)28-5)17-12-6-7-14(26-3)19(25)18(12)22-16(24)10-21-17/h6-9,25H,10H2,1-5H3,(H,22,24). The minimum atomic E-state index is -0.326. The largest absolute Gasteiger partial charge is 0.503 e. The fraction of sp³-hybridized carbons (Fsp3) is 0.300. The van der Waals surface area contributed by atoms with Crippen molar-refractivity contribution in [3.05, 3.63) is 35.4 Å². The summed E-state index contributed by atoms with van der Waals surface area (Å²) in [5.41, 5.74) is 2.92. The molecular formula is C20H23N3O5. The number of hydrogen-bond donors (Lipinski definition) is 2. The van der Waals surface area contributed by atoms with Crippen molar-refractivity contribution in [2.75, 3.05) is 52.2 Å². The van der Waals surface area contributed by atoms with Gasteiger partial charge in [-0.1, -0.05) is 0 Å².